The Balaban J connectivity index is 2.19. The normalized spacial score (nSPS) is 12.2. The molecule has 0 aliphatic carbocycles. The summed E-state index contributed by atoms with van der Waals surface area (Å²) in [7, 11) is 1.67. The van der Waals surface area contributed by atoms with Crippen LogP contribution in [0.2, 0.25) is 0 Å². The maximum atomic E-state index is 9.55. The van der Waals surface area contributed by atoms with E-state index in [1.807, 2.05) is 42.5 Å². The first-order valence-corrected chi connectivity index (χ1v) is 7.12. The summed E-state index contributed by atoms with van der Waals surface area (Å²) in [6.07, 6.45) is -0.495. The molecule has 0 unspecified atom stereocenters. The van der Waals surface area contributed by atoms with Crippen molar-refractivity contribution in [3.05, 3.63) is 58.1 Å². The minimum absolute atomic E-state index is 0.495. The molecular weight excluding hydrogens is 320 g/mol. The quantitative estimate of drug-likeness (QED) is 0.877. The molecule has 0 fully saturated rings. The first-order chi connectivity index (χ1) is 9.60. The SMILES string of the molecule is COCc1cccc(Oc2ccc([C@@H](C)O)cc2Br)c1. The maximum absolute atomic E-state index is 9.55. The lowest BCUT2D eigenvalue weighted by Gasteiger charge is -2.11. The minimum atomic E-state index is -0.495. The highest BCUT2D eigenvalue weighted by molar-refractivity contribution is 9.10. The molecule has 0 radical (unpaired) electrons. The van der Waals surface area contributed by atoms with E-state index in [2.05, 4.69) is 15.9 Å². The van der Waals surface area contributed by atoms with E-state index in [1.54, 1.807) is 14.0 Å². The van der Waals surface area contributed by atoms with E-state index in [0.717, 1.165) is 21.3 Å². The van der Waals surface area contributed by atoms with Crippen molar-refractivity contribution in [3.8, 4) is 11.5 Å². The van der Waals surface area contributed by atoms with E-state index in [-0.39, 0.29) is 0 Å². The summed E-state index contributed by atoms with van der Waals surface area (Å²) >= 11 is 3.46. The third-order valence-corrected chi connectivity index (χ3v) is 3.50. The average molecular weight is 337 g/mol. The van der Waals surface area contributed by atoms with Crippen molar-refractivity contribution < 1.29 is 14.6 Å². The molecule has 0 saturated carbocycles. The molecule has 2 rings (SSSR count). The van der Waals surface area contributed by atoms with Crippen molar-refractivity contribution in [2.24, 2.45) is 0 Å². The largest absolute Gasteiger partial charge is 0.456 e. The standard InChI is InChI=1S/C16H17BrO3/c1-11(18)13-6-7-16(15(17)9-13)20-14-5-3-4-12(8-14)10-19-2/h3-9,11,18H,10H2,1-2H3/t11-/m1/s1. The van der Waals surface area contributed by atoms with Crippen LogP contribution in [0.4, 0.5) is 0 Å². The summed E-state index contributed by atoms with van der Waals surface area (Å²) in [5, 5.41) is 9.55. The van der Waals surface area contributed by atoms with Crippen LogP contribution in [0.25, 0.3) is 0 Å². The second-order valence-electron chi connectivity index (χ2n) is 4.55. The van der Waals surface area contributed by atoms with E-state index in [0.29, 0.717) is 12.4 Å². The molecule has 20 heavy (non-hydrogen) atoms. The van der Waals surface area contributed by atoms with Gasteiger partial charge in [-0.25, -0.2) is 0 Å². The van der Waals surface area contributed by atoms with Crippen LogP contribution < -0.4 is 4.74 Å². The van der Waals surface area contributed by atoms with E-state index in [9.17, 15) is 5.11 Å². The van der Waals surface area contributed by atoms with Gasteiger partial charge in [-0.3, -0.25) is 0 Å². The average Bonchev–Trinajstić information content (AvgIpc) is 2.42. The summed E-state index contributed by atoms with van der Waals surface area (Å²) in [5.74, 6) is 1.47. The fraction of sp³-hybridized carbons (Fsp3) is 0.250. The van der Waals surface area contributed by atoms with Gasteiger partial charge in [-0.1, -0.05) is 18.2 Å². The zero-order valence-corrected chi connectivity index (χ0v) is 13.1. The van der Waals surface area contributed by atoms with Crippen molar-refractivity contribution in [2.45, 2.75) is 19.6 Å². The van der Waals surface area contributed by atoms with Gasteiger partial charge in [0.05, 0.1) is 17.2 Å². The topological polar surface area (TPSA) is 38.7 Å². The highest BCUT2D eigenvalue weighted by Gasteiger charge is 2.07. The first kappa shape index (κ1) is 15.0. The van der Waals surface area contributed by atoms with Crippen LogP contribution in [0.5, 0.6) is 11.5 Å². The zero-order valence-electron chi connectivity index (χ0n) is 11.5. The first-order valence-electron chi connectivity index (χ1n) is 6.33. The predicted molar refractivity (Wildman–Crippen MR) is 82.0 cm³/mol. The van der Waals surface area contributed by atoms with E-state index < -0.39 is 6.10 Å². The molecule has 0 aliphatic rings. The maximum Gasteiger partial charge on any atom is 0.141 e. The number of benzene rings is 2. The van der Waals surface area contributed by atoms with Crippen molar-refractivity contribution in [2.75, 3.05) is 7.11 Å². The molecule has 4 heteroatoms. The van der Waals surface area contributed by atoms with Crippen LogP contribution in [0.15, 0.2) is 46.9 Å². The number of rotatable bonds is 5. The van der Waals surface area contributed by atoms with Gasteiger partial charge in [0, 0.05) is 7.11 Å². The molecule has 0 saturated heterocycles. The number of methoxy groups -OCH3 is 1. The molecule has 0 heterocycles. The van der Waals surface area contributed by atoms with Gasteiger partial charge in [0.25, 0.3) is 0 Å². The molecular formula is C16H17BrO3. The number of aliphatic hydroxyl groups excluding tert-OH is 1. The van der Waals surface area contributed by atoms with Crippen LogP contribution in [0, 0.1) is 0 Å². The van der Waals surface area contributed by atoms with Gasteiger partial charge in [0.15, 0.2) is 0 Å². The number of aliphatic hydroxyl groups is 1. The Labute approximate surface area is 127 Å². The Kier molecular flexibility index (Phi) is 5.17. The molecule has 1 atom stereocenters. The molecule has 2 aromatic carbocycles. The lowest BCUT2D eigenvalue weighted by Crippen LogP contribution is -1.93. The van der Waals surface area contributed by atoms with Crippen molar-refractivity contribution in [1.29, 1.82) is 0 Å². The molecule has 106 valence electrons. The molecule has 3 nitrogen and oxygen atoms in total. The molecule has 0 spiro atoms. The molecule has 0 amide bonds. The Morgan fingerprint density at radius 1 is 1.20 bits per heavy atom. The predicted octanol–water partition coefficient (Wildman–Crippen LogP) is 4.44. The van der Waals surface area contributed by atoms with Crippen molar-refractivity contribution in [3.63, 3.8) is 0 Å². The number of hydrogen-bond donors (Lipinski definition) is 1. The van der Waals surface area contributed by atoms with Gasteiger partial charge in [-0.2, -0.15) is 0 Å². The Morgan fingerprint density at radius 3 is 2.65 bits per heavy atom. The minimum Gasteiger partial charge on any atom is -0.456 e. The summed E-state index contributed by atoms with van der Waals surface area (Å²) in [6.45, 7) is 2.29. The number of ether oxygens (including phenoxy) is 2. The van der Waals surface area contributed by atoms with Crippen molar-refractivity contribution in [1.82, 2.24) is 0 Å². The van der Waals surface area contributed by atoms with Crippen LogP contribution >= 0.6 is 15.9 Å². The van der Waals surface area contributed by atoms with Gasteiger partial charge >= 0.3 is 0 Å². The Bertz CT molecular complexity index is 582. The van der Waals surface area contributed by atoms with Crippen molar-refractivity contribution >= 4 is 15.9 Å². The monoisotopic (exact) mass is 336 g/mol. The zero-order chi connectivity index (χ0) is 14.5. The van der Waals surface area contributed by atoms with Gasteiger partial charge in [0.1, 0.15) is 11.5 Å². The van der Waals surface area contributed by atoms with E-state index in [1.165, 1.54) is 0 Å². The van der Waals surface area contributed by atoms with Gasteiger partial charge < -0.3 is 14.6 Å². The molecule has 0 aromatic heterocycles. The van der Waals surface area contributed by atoms with Crippen LogP contribution in [0.1, 0.15) is 24.2 Å². The smallest absolute Gasteiger partial charge is 0.141 e. The second-order valence-corrected chi connectivity index (χ2v) is 5.40. The fourth-order valence-electron chi connectivity index (χ4n) is 1.85. The lowest BCUT2D eigenvalue weighted by molar-refractivity contribution is 0.184. The van der Waals surface area contributed by atoms with E-state index >= 15 is 0 Å². The highest BCUT2D eigenvalue weighted by atomic mass is 79.9. The number of halogens is 1. The van der Waals surface area contributed by atoms with Gasteiger partial charge in [0.2, 0.25) is 0 Å². The molecule has 1 N–H and O–H groups in total. The summed E-state index contributed by atoms with van der Waals surface area (Å²) < 4.78 is 11.8. The van der Waals surface area contributed by atoms with Crippen LogP contribution in [-0.2, 0) is 11.3 Å². The summed E-state index contributed by atoms with van der Waals surface area (Å²) in [5.41, 5.74) is 1.90. The fourth-order valence-corrected chi connectivity index (χ4v) is 2.33. The van der Waals surface area contributed by atoms with Crippen LogP contribution in [0.3, 0.4) is 0 Å². The number of hydrogen-bond acceptors (Lipinski definition) is 3. The summed E-state index contributed by atoms with van der Waals surface area (Å²) in [4.78, 5) is 0. The molecule has 2 aromatic rings. The van der Waals surface area contributed by atoms with Gasteiger partial charge in [-0.15, -0.1) is 0 Å². The summed E-state index contributed by atoms with van der Waals surface area (Å²) in [6, 6.07) is 13.3. The highest BCUT2D eigenvalue weighted by Crippen LogP contribution is 2.32. The second kappa shape index (κ2) is 6.88. The van der Waals surface area contributed by atoms with Crippen LogP contribution in [-0.4, -0.2) is 12.2 Å². The Morgan fingerprint density at radius 2 is 2.00 bits per heavy atom. The molecule has 0 aliphatic heterocycles. The third-order valence-electron chi connectivity index (χ3n) is 2.88. The van der Waals surface area contributed by atoms with E-state index in [4.69, 9.17) is 9.47 Å². The third kappa shape index (κ3) is 3.82. The molecule has 0 bridgehead atoms. The lowest BCUT2D eigenvalue weighted by atomic mass is 10.1. The van der Waals surface area contributed by atoms with Gasteiger partial charge in [-0.05, 0) is 58.2 Å². The Hall–Kier alpha value is -1.36.